The van der Waals surface area contributed by atoms with Crippen molar-refractivity contribution in [2.24, 2.45) is 14.1 Å². The van der Waals surface area contributed by atoms with Gasteiger partial charge in [-0.25, -0.2) is 4.79 Å². The summed E-state index contributed by atoms with van der Waals surface area (Å²) in [6.07, 6.45) is 1.60. The van der Waals surface area contributed by atoms with Gasteiger partial charge in [-0.2, -0.15) is 0 Å². The largest absolute Gasteiger partial charge is 0.330 e. The van der Waals surface area contributed by atoms with Crippen molar-refractivity contribution in [3.63, 3.8) is 0 Å². The van der Waals surface area contributed by atoms with Crippen molar-refractivity contribution in [2.75, 3.05) is 20.6 Å². The summed E-state index contributed by atoms with van der Waals surface area (Å²) < 4.78 is 2.56. The lowest BCUT2D eigenvalue weighted by Crippen LogP contribution is -2.41. The molecule has 0 aliphatic carbocycles. The average molecular weight is 254 g/mol. The molecule has 6 nitrogen and oxygen atoms in total. The lowest BCUT2D eigenvalue weighted by Gasteiger charge is -2.20. The van der Waals surface area contributed by atoms with Gasteiger partial charge in [-0.15, -0.1) is 0 Å². The Morgan fingerprint density at radius 1 is 1.33 bits per heavy atom. The number of nitrogens with one attached hydrogen (secondary N) is 1. The third-order valence-electron chi connectivity index (χ3n) is 3.15. The maximum absolute atomic E-state index is 11.9. The molecule has 18 heavy (non-hydrogen) atoms. The lowest BCUT2D eigenvalue weighted by molar-refractivity contribution is 0.302. The third kappa shape index (κ3) is 3.30. The molecule has 0 saturated carbocycles. The maximum atomic E-state index is 11.9. The highest BCUT2D eigenvalue weighted by Crippen LogP contribution is 1.91. The molecule has 1 aromatic rings. The van der Waals surface area contributed by atoms with E-state index in [4.69, 9.17) is 0 Å². The summed E-state index contributed by atoms with van der Waals surface area (Å²) in [5, 5.41) is 3.23. The Morgan fingerprint density at radius 2 is 1.94 bits per heavy atom. The monoisotopic (exact) mass is 254 g/mol. The van der Waals surface area contributed by atoms with Crippen molar-refractivity contribution < 1.29 is 0 Å². The summed E-state index contributed by atoms with van der Waals surface area (Å²) in [5.74, 6) is 0. The van der Waals surface area contributed by atoms with Crippen LogP contribution in [0, 0.1) is 0 Å². The van der Waals surface area contributed by atoms with Crippen molar-refractivity contribution >= 4 is 0 Å². The van der Waals surface area contributed by atoms with Crippen molar-refractivity contribution in [1.29, 1.82) is 0 Å². The van der Waals surface area contributed by atoms with Gasteiger partial charge in [0.15, 0.2) is 0 Å². The van der Waals surface area contributed by atoms with Crippen molar-refractivity contribution in [3.05, 3.63) is 32.6 Å². The highest BCUT2D eigenvalue weighted by molar-refractivity contribution is 5.05. The predicted octanol–water partition coefficient (Wildman–Crippen LogP) is -0.876. The number of aryl methyl sites for hydroxylation is 1. The van der Waals surface area contributed by atoms with Crippen LogP contribution in [0.5, 0.6) is 0 Å². The first-order valence-electron chi connectivity index (χ1n) is 5.97. The predicted molar refractivity (Wildman–Crippen MR) is 71.8 cm³/mol. The fourth-order valence-electron chi connectivity index (χ4n) is 1.60. The van der Waals surface area contributed by atoms with Crippen molar-refractivity contribution in [3.8, 4) is 0 Å². The molecule has 6 heteroatoms. The molecule has 0 saturated heterocycles. The van der Waals surface area contributed by atoms with Crippen LogP contribution in [0.15, 0.2) is 15.8 Å². The van der Waals surface area contributed by atoms with Gasteiger partial charge in [0.1, 0.15) is 0 Å². The van der Waals surface area contributed by atoms with Gasteiger partial charge in [0, 0.05) is 45.0 Å². The number of likely N-dealkylation sites (N-methyl/N-ethyl adjacent to an activating group) is 1. The molecular formula is C12H22N4O2. The van der Waals surface area contributed by atoms with Gasteiger partial charge in [-0.05, 0) is 21.0 Å². The Kier molecular flexibility index (Phi) is 4.86. The van der Waals surface area contributed by atoms with Crippen LogP contribution in [0.1, 0.15) is 12.5 Å². The maximum Gasteiger partial charge on any atom is 0.330 e. The molecule has 102 valence electrons. The highest BCUT2D eigenvalue weighted by atomic mass is 16.2. The topological polar surface area (TPSA) is 59.3 Å². The molecule has 1 N–H and O–H groups in total. The van der Waals surface area contributed by atoms with Gasteiger partial charge < -0.3 is 14.8 Å². The molecular weight excluding hydrogens is 232 g/mol. The van der Waals surface area contributed by atoms with Crippen LogP contribution in [0.4, 0.5) is 0 Å². The number of hydrogen-bond donors (Lipinski definition) is 1. The summed E-state index contributed by atoms with van der Waals surface area (Å²) >= 11 is 0. The number of hydrogen-bond acceptors (Lipinski definition) is 4. The van der Waals surface area contributed by atoms with E-state index < -0.39 is 0 Å². The molecule has 1 aromatic heterocycles. The molecule has 1 rings (SSSR count). The summed E-state index contributed by atoms with van der Waals surface area (Å²) in [6.45, 7) is 3.36. The van der Waals surface area contributed by atoms with Gasteiger partial charge in [0.25, 0.3) is 5.56 Å². The molecule has 0 aliphatic heterocycles. The fraction of sp³-hybridized carbons (Fsp3) is 0.667. The minimum atomic E-state index is -0.301. The van der Waals surface area contributed by atoms with E-state index in [1.807, 2.05) is 14.1 Å². The van der Waals surface area contributed by atoms with E-state index in [1.165, 1.54) is 11.6 Å². The van der Waals surface area contributed by atoms with Gasteiger partial charge in [-0.1, -0.05) is 0 Å². The molecule has 0 aliphatic rings. The molecule has 0 fully saturated rings. The normalized spacial score (nSPS) is 13.0. The van der Waals surface area contributed by atoms with E-state index >= 15 is 0 Å². The summed E-state index contributed by atoms with van der Waals surface area (Å²) in [5.41, 5.74) is 0.0686. The smallest absolute Gasteiger partial charge is 0.311 e. The summed E-state index contributed by atoms with van der Waals surface area (Å²) in [7, 11) is 7.17. The molecule has 0 spiro atoms. The second kappa shape index (κ2) is 5.97. The van der Waals surface area contributed by atoms with Crippen LogP contribution in [0.2, 0.25) is 0 Å². The molecule has 0 bridgehead atoms. The molecule has 0 aromatic carbocycles. The van der Waals surface area contributed by atoms with E-state index in [0.29, 0.717) is 18.2 Å². The van der Waals surface area contributed by atoms with Crippen LogP contribution in [0.25, 0.3) is 0 Å². The van der Waals surface area contributed by atoms with Crippen LogP contribution in [-0.2, 0) is 20.6 Å². The Balaban J connectivity index is 2.75. The van der Waals surface area contributed by atoms with Crippen LogP contribution in [0.3, 0.4) is 0 Å². The van der Waals surface area contributed by atoms with Crippen LogP contribution in [-0.4, -0.2) is 40.7 Å². The number of nitrogens with zero attached hydrogens (tertiary/aromatic N) is 3. The fourth-order valence-corrected chi connectivity index (χ4v) is 1.60. The van der Waals surface area contributed by atoms with Gasteiger partial charge >= 0.3 is 5.69 Å². The third-order valence-corrected chi connectivity index (χ3v) is 3.15. The first-order valence-corrected chi connectivity index (χ1v) is 5.97. The molecule has 1 atom stereocenters. The van der Waals surface area contributed by atoms with Crippen molar-refractivity contribution in [1.82, 2.24) is 19.4 Å². The standard InChI is InChI=1S/C12H22N4O2/c1-9(14(2)3)6-13-7-10-8-15(4)12(18)16(5)11(10)17/h8-9,13H,6-7H2,1-5H3. The average Bonchev–Trinajstić information content (AvgIpc) is 2.32. The Morgan fingerprint density at radius 3 is 2.50 bits per heavy atom. The van der Waals surface area contributed by atoms with Crippen molar-refractivity contribution in [2.45, 2.75) is 19.5 Å². The minimum Gasteiger partial charge on any atom is -0.311 e. The van der Waals surface area contributed by atoms with Gasteiger partial charge in [-0.3, -0.25) is 9.36 Å². The van der Waals surface area contributed by atoms with Gasteiger partial charge in [0.2, 0.25) is 0 Å². The highest BCUT2D eigenvalue weighted by Gasteiger charge is 2.08. The lowest BCUT2D eigenvalue weighted by atomic mass is 10.3. The second-order valence-electron chi connectivity index (χ2n) is 4.86. The molecule has 1 heterocycles. The van der Waals surface area contributed by atoms with E-state index in [-0.39, 0.29) is 11.2 Å². The summed E-state index contributed by atoms with van der Waals surface area (Å²) in [6, 6.07) is 0.390. The Hall–Kier alpha value is -1.40. The zero-order valence-electron chi connectivity index (χ0n) is 11.7. The van der Waals surface area contributed by atoms with Gasteiger partial charge in [0.05, 0.1) is 0 Å². The number of rotatable bonds is 5. The molecule has 0 amide bonds. The second-order valence-corrected chi connectivity index (χ2v) is 4.86. The minimum absolute atomic E-state index is 0.233. The number of aromatic nitrogens is 2. The van der Waals surface area contributed by atoms with Crippen LogP contribution >= 0.6 is 0 Å². The summed E-state index contributed by atoms with van der Waals surface area (Å²) in [4.78, 5) is 25.5. The van der Waals surface area contributed by atoms with E-state index in [0.717, 1.165) is 11.1 Å². The van der Waals surface area contributed by atoms with E-state index in [1.54, 1.807) is 13.2 Å². The van der Waals surface area contributed by atoms with E-state index in [9.17, 15) is 9.59 Å². The Labute approximate surface area is 107 Å². The first kappa shape index (κ1) is 14.7. The quantitative estimate of drug-likeness (QED) is 0.741. The van der Waals surface area contributed by atoms with E-state index in [2.05, 4.69) is 17.1 Å². The molecule has 0 radical (unpaired) electrons. The zero-order chi connectivity index (χ0) is 13.9. The molecule has 1 unspecified atom stereocenters. The zero-order valence-corrected chi connectivity index (χ0v) is 11.7. The SMILES string of the molecule is CC(CNCc1cn(C)c(=O)n(C)c1=O)N(C)C. The van der Waals surface area contributed by atoms with Crippen LogP contribution < -0.4 is 16.6 Å². The first-order chi connectivity index (χ1) is 8.34. The Bertz CT molecular complexity index is 516.